The average molecular weight is 197 g/mol. The minimum atomic E-state index is -1.08. The quantitative estimate of drug-likeness (QED) is 0.763. The zero-order valence-corrected chi connectivity index (χ0v) is 7.21. The normalized spacial score (nSPS) is 10.5. The summed E-state index contributed by atoms with van der Waals surface area (Å²) in [5.41, 5.74) is 0.491. The van der Waals surface area contributed by atoms with Gasteiger partial charge in [0.15, 0.2) is 0 Å². The molecular weight excluding hydrogens is 192 g/mol. The summed E-state index contributed by atoms with van der Waals surface area (Å²) in [6.07, 6.45) is 0. The van der Waals surface area contributed by atoms with Crippen LogP contribution in [0.25, 0.3) is 11.0 Å². The number of fused-ring (bicyclic) bond motifs is 1. The molecule has 1 aromatic heterocycles. The SMILES string of the molecule is O=C(O)c1cc2ccc(Cl)cc2o1. The monoisotopic (exact) mass is 196 g/mol. The maximum Gasteiger partial charge on any atom is 0.371 e. The number of hydrogen-bond acceptors (Lipinski definition) is 2. The molecule has 0 aliphatic heterocycles. The third-order valence-corrected chi connectivity index (χ3v) is 1.93. The van der Waals surface area contributed by atoms with Gasteiger partial charge in [-0.05, 0) is 18.2 Å². The molecule has 0 atom stereocenters. The predicted molar refractivity (Wildman–Crippen MR) is 48.2 cm³/mol. The van der Waals surface area contributed by atoms with Crippen LogP contribution in [0.2, 0.25) is 5.02 Å². The molecule has 0 aliphatic rings. The molecule has 1 aromatic carbocycles. The van der Waals surface area contributed by atoms with Crippen molar-refractivity contribution in [3.8, 4) is 0 Å². The smallest absolute Gasteiger partial charge is 0.371 e. The first-order chi connectivity index (χ1) is 6.16. The van der Waals surface area contributed by atoms with Crippen LogP contribution in [0.3, 0.4) is 0 Å². The second-order valence-electron chi connectivity index (χ2n) is 2.60. The molecule has 3 nitrogen and oxygen atoms in total. The van der Waals surface area contributed by atoms with Gasteiger partial charge in [-0.3, -0.25) is 0 Å². The maximum atomic E-state index is 10.5. The van der Waals surface area contributed by atoms with Crippen LogP contribution in [-0.2, 0) is 0 Å². The van der Waals surface area contributed by atoms with E-state index in [-0.39, 0.29) is 5.76 Å². The molecule has 0 bridgehead atoms. The lowest BCUT2D eigenvalue weighted by Gasteiger charge is -1.87. The summed E-state index contributed by atoms with van der Waals surface area (Å²) in [6, 6.07) is 6.45. The molecule has 0 amide bonds. The highest BCUT2D eigenvalue weighted by molar-refractivity contribution is 6.31. The Labute approximate surface area is 78.5 Å². The molecule has 0 fully saturated rings. The van der Waals surface area contributed by atoms with E-state index in [2.05, 4.69) is 0 Å². The Kier molecular flexibility index (Phi) is 1.74. The van der Waals surface area contributed by atoms with Crippen molar-refractivity contribution < 1.29 is 14.3 Å². The van der Waals surface area contributed by atoms with Crippen LogP contribution in [0, 0.1) is 0 Å². The summed E-state index contributed by atoms with van der Waals surface area (Å²) in [5, 5.41) is 9.89. The second-order valence-corrected chi connectivity index (χ2v) is 3.03. The Morgan fingerprint density at radius 1 is 1.38 bits per heavy atom. The van der Waals surface area contributed by atoms with E-state index in [4.69, 9.17) is 21.1 Å². The topological polar surface area (TPSA) is 50.4 Å². The minimum Gasteiger partial charge on any atom is -0.475 e. The molecule has 2 aromatic rings. The van der Waals surface area contributed by atoms with Crippen LogP contribution < -0.4 is 0 Å². The Balaban J connectivity index is 2.68. The van der Waals surface area contributed by atoms with Crippen molar-refractivity contribution in [2.75, 3.05) is 0 Å². The highest BCUT2D eigenvalue weighted by Gasteiger charge is 2.09. The van der Waals surface area contributed by atoms with E-state index in [0.717, 1.165) is 5.39 Å². The van der Waals surface area contributed by atoms with Gasteiger partial charge in [-0.25, -0.2) is 4.79 Å². The van der Waals surface area contributed by atoms with Crippen molar-refractivity contribution in [2.45, 2.75) is 0 Å². The molecule has 1 heterocycles. The third kappa shape index (κ3) is 1.38. The van der Waals surface area contributed by atoms with E-state index in [9.17, 15) is 4.79 Å². The van der Waals surface area contributed by atoms with Crippen molar-refractivity contribution in [3.63, 3.8) is 0 Å². The fourth-order valence-corrected chi connectivity index (χ4v) is 1.27. The molecule has 0 saturated carbocycles. The van der Waals surface area contributed by atoms with Crippen LogP contribution in [0.5, 0.6) is 0 Å². The van der Waals surface area contributed by atoms with Crippen molar-refractivity contribution in [2.24, 2.45) is 0 Å². The minimum absolute atomic E-state index is 0.0720. The zero-order chi connectivity index (χ0) is 9.42. The maximum absolute atomic E-state index is 10.5. The molecule has 0 saturated heterocycles. The number of rotatable bonds is 1. The molecule has 0 unspecified atom stereocenters. The van der Waals surface area contributed by atoms with Gasteiger partial charge in [0.25, 0.3) is 0 Å². The summed E-state index contributed by atoms with van der Waals surface area (Å²) in [6.45, 7) is 0. The predicted octanol–water partition coefficient (Wildman–Crippen LogP) is 2.78. The number of carbonyl (C=O) groups is 1. The van der Waals surface area contributed by atoms with Crippen molar-refractivity contribution in [1.29, 1.82) is 0 Å². The summed E-state index contributed by atoms with van der Waals surface area (Å²) in [5.74, 6) is -1.15. The molecule has 4 heteroatoms. The van der Waals surface area contributed by atoms with Crippen LogP contribution in [0.1, 0.15) is 10.6 Å². The van der Waals surface area contributed by atoms with Gasteiger partial charge in [0, 0.05) is 16.5 Å². The lowest BCUT2D eigenvalue weighted by Crippen LogP contribution is -1.91. The largest absolute Gasteiger partial charge is 0.475 e. The van der Waals surface area contributed by atoms with Crippen molar-refractivity contribution in [1.82, 2.24) is 0 Å². The molecule has 2 rings (SSSR count). The van der Waals surface area contributed by atoms with Crippen LogP contribution in [-0.4, -0.2) is 11.1 Å². The zero-order valence-electron chi connectivity index (χ0n) is 6.45. The molecule has 0 spiro atoms. The molecule has 0 aliphatic carbocycles. The molecule has 0 radical (unpaired) electrons. The van der Waals surface area contributed by atoms with Gasteiger partial charge in [0.2, 0.25) is 5.76 Å². The lowest BCUT2D eigenvalue weighted by molar-refractivity contribution is 0.0665. The van der Waals surface area contributed by atoms with Crippen LogP contribution in [0.4, 0.5) is 0 Å². The number of furan rings is 1. The number of carboxylic acid groups (broad SMARTS) is 1. The Morgan fingerprint density at radius 2 is 2.15 bits per heavy atom. The second kappa shape index (κ2) is 2.78. The first-order valence-corrected chi connectivity index (χ1v) is 3.97. The van der Waals surface area contributed by atoms with E-state index in [1.165, 1.54) is 6.07 Å². The van der Waals surface area contributed by atoms with Gasteiger partial charge in [-0.1, -0.05) is 11.6 Å². The average Bonchev–Trinajstić information content (AvgIpc) is 2.46. The first-order valence-electron chi connectivity index (χ1n) is 3.59. The Bertz CT molecular complexity index is 473. The van der Waals surface area contributed by atoms with E-state index < -0.39 is 5.97 Å². The highest BCUT2D eigenvalue weighted by Crippen LogP contribution is 2.22. The Morgan fingerprint density at radius 3 is 2.85 bits per heavy atom. The van der Waals surface area contributed by atoms with Gasteiger partial charge >= 0.3 is 5.97 Å². The van der Waals surface area contributed by atoms with E-state index >= 15 is 0 Å². The molecule has 13 heavy (non-hydrogen) atoms. The third-order valence-electron chi connectivity index (χ3n) is 1.69. The Hall–Kier alpha value is -1.48. The number of benzene rings is 1. The molecule has 1 N–H and O–H groups in total. The molecule has 66 valence electrons. The van der Waals surface area contributed by atoms with E-state index in [0.29, 0.717) is 10.6 Å². The van der Waals surface area contributed by atoms with Gasteiger partial charge in [0.05, 0.1) is 0 Å². The van der Waals surface area contributed by atoms with Crippen molar-refractivity contribution in [3.05, 3.63) is 35.0 Å². The van der Waals surface area contributed by atoms with Crippen LogP contribution >= 0.6 is 11.6 Å². The van der Waals surface area contributed by atoms with Crippen molar-refractivity contribution >= 4 is 28.5 Å². The fourth-order valence-electron chi connectivity index (χ4n) is 1.11. The number of aromatic carboxylic acids is 1. The van der Waals surface area contributed by atoms with E-state index in [1.807, 2.05) is 0 Å². The standard InChI is InChI=1S/C9H5ClO3/c10-6-2-1-5-3-8(9(11)12)13-7(5)4-6/h1-4H,(H,11,12). The fraction of sp³-hybridized carbons (Fsp3) is 0. The van der Waals surface area contributed by atoms with Gasteiger partial charge in [0.1, 0.15) is 5.58 Å². The van der Waals surface area contributed by atoms with Gasteiger partial charge < -0.3 is 9.52 Å². The van der Waals surface area contributed by atoms with Gasteiger partial charge in [-0.15, -0.1) is 0 Å². The summed E-state index contributed by atoms with van der Waals surface area (Å²) in [7, 11) is 0. The summed E-state index contributed by atoms with van der Waals surface area (Å²) in [4.78, 5) is 10.5. The summed E-state index contributed by atoms with van der Waals surface area (Å²) < 4.78 is 5.03. The number of hydrogen-bond donors (Lipinski definition) is 1. The number of halogens is 1. The first kappa shape index (κ1) is 8.13. The molecular formula is C9H5ClO3. The van der Waals surface area contributed by atoms with E-state index in [1.54, 1.807) is 18.2 Å². The summed E-state index contributed by atoms with van der Waals surface area (Å²) >= 11 is 5.70. The van der Waals surface area contributed by atoms with Gasteiger partial charge in [-0.2, -0.15) is 0 Å². The van der Waals surface area contributed by atoms with Crippen LogP contribution in [0.15, 0.2) is 28.7 Å². The lowest BCUT2D eigenvalue weighted by atomic mass is 10.2. The highest BCUT2D eigenvalue weighted by atomic mass is 35.5. The number of carboxylic acids is 1.